The molecule has 1 aliphatic heterocycles. The van der Waals surface area contributed by atoms with Crippen molar-refractivity contribution in [3.8, 4) is 0 Å². The number of nitrogens with zero attached hydrogens (tertiary/aromatic N) is 1. The van der Waals surface area contributed by atoms with E-state index < -0.39 is 5.54 Å². The van der Waals surface area contributed by atoms with Crippen LogP contribution in [0.3, 0.4) is 0 Å². The minimum absolute atomic E-state index is 0.00639. The summed E-state index contributed by atoms with van der Waals surface area (Å²) in [5, 5.41) is 0. The van der Waals surface area contributed by atoms with Gasteiger partial charge in [-0.15, -0.1) is 0 Å². The molecular formula is C18H26N2O2. The third-order valence-corrected chi connectivity index (χ3v) is 5.76. The van der Waals surface area contributed by atoms with E-state index in [-0.39, 0.29) is 23.3 Å². The van der Waals surface area contributed by atoms with Crippen molar-refractivity contribution >= 4 is 11.6 Å². The number of hydrogen-bond acceptors (Lipinski definition) is 3. The second kappa shape index (κ2) is 5.07. The van der Waals surface area contributed by atoms with Crippen molar-refractivity contribution in [2.75, 3.05) is 18.6 Å². The molecule has 0 aromatic heterocycles. The van der Waals surface area contributed by atoms with Crippen LogP contribution in [-0.4, -0.2) is 31.2 Å². The Bertz CT molecular complexity index is 581. The van der Waals surface area contributed by atoms with E-state index in [0.717, 1.165) is 25.1 Å². The monoisotopic (exact) mass is 302 g/mol. The van der Waals surface area contributed by atoms with E-state index in [2.05, 4.69) is 13.8 Å². The molecule has 2 N–H and O–H groups in total. The molecule has 4 heteroatoms. The van der Waals surface area contributed by atoms with E-state index >= 15 is 0 Å². The molecule has 1 amide bonds. The molecule has 1 saturated carbocycles. The zero-order chi connectivity index (χ0) is 16.1. The average Bonchev–Trinajstić information content (AvgIpc) is 2.53. The van der Waals surface area contributed by atoms with Gasteiger partial charge in [0.25, 0.3) is 0 Å². The molecule has 3 unspecified atom stereocenters. The van der Waals surface area contributed by atoms with E-state index in [1.807, 2.05) is 38.2 Å². The van der Waals surface area contributed by atoms with E-state index in [4.69, 9.17) is 10.5 Å². The largest absolute Gasteiger partial charge is 0.377 e. The van der Waals surface area contributed by atoms with Crippen molar-refractivity contribution in [2.45, 2.75) is 45.3 Å². The lowest BCUT2D eigenvalue weighted by atomic mass is 9.46. The summed E-state index contributed by atoms with van der Waals surface area (Å²) in [5.74, 6) is 0.116. The van der Waals surface area contributed by atoms with Crippen molar-refractivity contribution < 1.29 is 9.53 Å². The van der Waals surface area contributed by atoms with Crippen LogP contribution in [0.4, 0.5) is 5.69 Å². The third-order valence-electron chi connectivity index (χ3n) is 5.76. The number of amides is 1. The Kier molecular flexibility index (Phi) is 3.57. The predicted octanol–water partition coefficient (Wildman–Crippen LogP) is 2.49. The van der Waals surface area contributed by atoms with E-state index in [0.29, 0.717) is 0 Å². The molecule has 0 bridgehead atoms. The Labute approximate surface area is 132 Å². The number of likely N-dealkylation sites (N-methyl/N-ethyl adjacent to an activating group) is 1. The Morgan fingerprint density at radius 1 is 1.32 bits per heavy atom. The van der Waals surface area contributed by atoms with Gasteiger partial charge in [0.05, 0.1) is 6.10 Å². The number of carbonyl (C=O) groups is 1. The van der Waals surface area contributed by atoms with Gasteiger partial charge in [0, 0.05) is 30.7 Å². The van der Waals surface area contributed by atoms with Crippen LogP contribution >= 0.6 is 0 Å². The van der Waals surface area contributed by atoms with Crippen LogP contribution in [0.15, 0.2) is 24.3 Å². The predicted molar refractivity (Wildman–Crippen MR) is 87.8 cm³/mol. The second-order valence-corrected chi connectivity index (χ2v) is 7.33. The number of fused-ring (bicyclic) bond motifs is 1. The molecule has 1 saturated heterocycles. The molecule has 22 heavy (non-hydrogen) atoms. The zero-order valence-electron chi connectivity index (χ0n) is 13.9. The first-order valence-corrected chi connectivity index (χ1v) is 8.05. The van der Waals surface area contributed by atoms with Crippen LogP contribution in [-0.2, 0) is 9.53 Å². The first-order chi connectivity index (χ1) is 10.3. The summed E-state index contributed by atoms with van der Waals surface area (Å²) in [6.07, 6.45) is 2.05. The summed E-state index contributed by atoms with van der Waals surface area (Å²) in [6, 6.07) is 7.97. The van der Waals surface area contributed by atoms with Crippen molar-refractivity contribution in [3.05, 3.63) is 29.8 Å². The SMILES string of the molecule is Cc1ccc(N(C)C(=O)C2(N)C3CCCOC3C2(C)C)cc1. The Morgan fingerprint density at radius 2 is 1.95 bits per heavy atom. The van der Waals surface area contributed by atoms with Gasteiger partial charge in [-0.2, -0.15) is 0 Å². The van der Waals surface area contributed by atoms with E-state index in [1.54, 1.807) is 4.90 Å². The van der Waals surface area contributed by atoms with Gasteiger partial charge in [-0.1, -0.05) is 31.5 Å². The number of benzene rings is 1. The molecule has 2 fully saturated rings. The fourth-order valence-electron chi connectivity index (χ4n) is 4.17. The van der Waals surface area contributed by atoms with Gasteiger partial charge in [-0.3, -0.25) is 4.79 Å². The maximum absolute atomic E-state index is 13.1. The topological polar surface area (TPSA) is 55.6 Å². The van der Waals surface area contributed by atoms with Crippen molar-refractivity contribution in [2.24, 2.45) is 17.1 Å². The highest BCUT2D eigenvalue weighted by Crippen LogP contribution is 2.58. The fourth-order valence-corrected chi connectivity index (χ4v) is 4.17. The van der Waals surface area contributed by atoms with E-state index in [1.165, 1.54) is 5.56 Å². The molecule has 3 atom stereocenters. The lowest BCUT2D eigenvalue weighted by Crippen LogP contribution is -2.82. The lowest BCUT2D eigenvalue weighted by Gasteiger charge is -2.65. The number of nitrogens with two attached hydrogens (primary N) is 1. The van der Waals surface area contributed by atoms with Crippen LogP contribution in [0.25, 0.3) is 0 Å². The highest BCUT2D eigenvalue weighted by atomic mass is 16.5. The molecule has 3 rings (SSSR count). The smallest absolute Gasteiger partial charge is 0.247 e. The summed E-state index contributed by atoms with van der Waals surface area (Å²) in [4.78, 5) is 14.8. The minimum atomic E-state index is -0.849. The maximum atomic E-state index is 13.1. The van der Waals surface area contributed by atoms with Gasteiger partial charge >= 0.3 is 0 Å². The number of ether oxygens (including phenoxy) is 1. The highest BCUT2D eigenvalue weighted by Gasteiger charge is 2.70. The number of hydrogen-bond donors (Lipinski definition) is 1. The van der Waals surface area contributed by atoms with Gasteiger partial charge in [0.2, 0.25) is 5.91 Å². The molecule has 4 nitrogen and oxygen atoms in total. The third kappa shape index (κ3) is 1.94. The second-order valence-electron chi connectivity index (χ2n) is 7.33. The van der Waals surface area contributed by atoms with Crippen molar-refractivity contribution in [1.82, 2.24) is 0 Å². The molecule has 1 aromatic carbocycles. The summed E-state index contributed by atoms with van der Waals surface area (Å²) >= 11 is 0. The zero-order valence-corrected chi connectivity index (χ0v) is 13.9. The van der Waals surface area contributed by atoms with Crippen molar-refractivity contribution in [3.63, 3.8) is 0 Å². The molecule has 1 aliphatic carbocycles. The fraction of sp³-hybridized carbons (Fsp3) is 0.611. The molecule has 2 aliphatic rings. The summed E-state index contributed by atoms with van der Waals surface area (Å²) in [6.45, 7) is 6.93. The highest BCUT2D eigenvalue weighted by molar-refractivity contribution is 6.01. The molecular weight excluding hydrogens is 276 g/mol. The van der Waals surface area contributed by atoms with Crippen molar-refractivity contribution in [1.29, 1.82) is 0 Å². The van der Waals surface area contributed by atoms with Crippen LogP contribution in [0.5, 0.6) is 0 Å². The van der Waals surface area contributed by atoms with E-state index in [9.17, 15) is 4.79 Å². The Morgan fingerprint density at radius 3 is 2.59 bits per heavy atom. The molecule has 120 valence electrons. The number of carbonyl (C=O) groups excluding carboxylic acids is 1. The van der Waals surface area contributed by atoms with Gasteiger partial charge < -0.3 is 15.4 Å². The quantitative estimate of drug-likeness (QED) is 0.913. The first-order valence-electron chi connectivity index (χ1n) is 8.05. The molecule has 1 heterocycles. The summed E-state index contributed by atoms with van der Waals surface area (Å²) < 4.78 is 5.89. The van der Waals surface area contributed by atoms with Gasteiger partial charge in [-0.05, 0) is 31.9 Å². The summed E-state index contributed by atoms with van der Waals surface area (Å²) in [5.41, 5.74) is 7.55. The molecule has 0 radical (unpaired) electrons. The van der Waals surface area contributed by atoms with Gasteiger partial charge in [-0.25, -0.2) is 0 Å². The van der Waals surface area contributed by atoms with Gasteiger partial charge in [0.1, 0.15) is 5.54 Å². The summed E-state index contributed by atoms with van der Waals surface area (Å²) in [7, 11) is 1.81. The molecule has 1 aromatic rings. The number of anilines is 1. The Hall–Kier alpha value is -1.39. The normalized spacial score (nSPS) is 32.8. The standard InChI is InChI=1S/C18H26N2O2/c1-12-7-9-13(10-8-12)20(4)16(21)18(19)14-6-5-11-22-15(14)17(18,2)3/h7-10,14-15H,5-6,11,19H2,1-4H3. The minimum Gasteiger partial charge on any atom is -0.377 e. The number of aryl methyl sites for hydroxylation is 1. The first kappa shape index (κ1) is 15.5. The maximum Gasteiger partial charge on any atom is 0.247 e. The molecule has 0 spiro atoms. The average molecular weight is 302 g/mol. The Balaban J connectivity index is 1.88. The number of rotatable bonds is 2. The van der Waals surface area contributed by atoms with Crippen LogP contribution in [0.1, 0.15) is 32.3 Å². The van der Waals surface area contributed by atoms with Crippen LogP contribution in [0, 0.1) is 18.3 Å². The van der Waals surface area contributed by atoms with Crippen LogP contribution in [0.2, 0.25) is 0 Å². The lowest BCUT2D eigenvalue weighted by molar-refractivity contribution is -0.223. The van der Waals surface area contributed by atoms with Crippen LogP contribution < -0.4 is 10.6 Å². The van der Waals surface area contributed by atoms with Gasteiger partial charge in [0.15, 0.2) is 0 Å².